The van der Waals surface area contributed by atoms with Gasteiger partial charge in [-0.1, -0.05) is 12.8 Å². The number of amides is 1. The molecule has 2 fully saturated rings. The van der Waals surface area contributed by atoms with Crippen molar-refractivity contribution in [2.45, 2.75) is 64.5 Å². The molecule has 0 spiro atoms. The molecule has 1 N–H and O–H groups in total. The minimum Gasteiger partial charge on any atom is -0.337 e. The van der Waals surface area contributed by atoms with Gasteiger partial charge in [-0.25, -0.2) is 0 Å². The van der Waals surface area contributed by atoms with E-state index in [1.54, 1.807) is 0 Å². The van der Waals surface area contributed by atoms with Crippen LogP contribution in [-0.4, -0.2) is 36.0 Å². The minimum absolute atomic E-state index is 0.277. The van der Waals surface area contributed by atoms with Gasteiger partial charge in [0.25, 0.3) is 0 Å². The second-order valence-corrected chi connectivity index (χ2v) is 5.80. The maximum Gasteiger partial charge on any atom is 0.226 e. The monoisotopic (exact) mass is 238 g/mol. The number of nitrogens with one attached hydrogen (secondary N) is 1. The van der Waals surface area contributed by atoms with E-state index in [2.05, 4.69) is 24.1 Å². The van der Waals surface area contributed by atoms with E-state index in [-0.39, 0.29) is 5.92 Å². The van der Waals surface area contributed by atoms with E-state index in [1.807, 2.05) is 0 Å². The second-order valence-electron chi connectivity index (χ2n) is 5.80. The largest absolute Gasteiger partial charge is 0.337 e. The summed E-state index contributed by atoms with van der Waals surface area (Å²) in [6.07, 6.45) is 7.08. The molecule has 2 aliphatic rings. The molecule has 1 saturated carbocycles. The first kappa shape index (κ1) is 12.9. The molecule has 1 heterocycles. The van der Waals surface area contributed by atoms with Crippen molar-refractivity contribution in [1.29, 1.82) is 0 Å². The fourth-order valence-electron chi connectivity index (χ4n) is 3.32. The normalized spacial score (nSPS) is 23.2. The van der Waals surface area contributed by atoms with Crippen LogP contribution < -0.4 is 5.32 Å². The Morgan fingerprint density at radius 3 is 2.24 bits per heavy atom. The summed E-state index contributed by atoms with van der Waals surface area (Å²) in [6, 6.07) is 0.887. The van der Waals surface area contributed by atoms with Gasteiger partial charge < -0.3 is 10.2 Å². The van der Waals surface area contributed by atoms with Crippen molar-refractivity contribution < 1.29 is 4.79 Å². The molecule has 3 heteroatoms. The van der Waals surface area contributed by atoms with E-state index in [4.69, 9.17) is 0 Å². The predicted octanol–water partition coefficient (Wildman–Crippen LogP) is 2.17. The van der Waals surface area contributed by atoms with Crippen LogP contribution >= 0.6 is 0 Å². The Labute approximate surface area is 105 Å². The lowest BCUT2D eigenvalue weighted by Crippen LogP contribution is -2.48. The molecule has 1 aliphatic heterocycles. The van der Waals surface area contributed by atoms with E-state index in [1.165, 1.54) is 25.7 Å². The lowest BCUT2D eigenvalue weighted by Gasteiger charge is -2.36. The van der Waals surface area contributed by atoms with Crippen molar-refractivity contribution in [3.8, 4) is 0 Å². The SMILES string of the molecule is CC(C)N(C(=O)C1CCNCC1)C1CCCC1. The Morgan fingerprint density at radius 1 is 1.12 bits per heavy atom. The van der Waals surface area contributed by atoms with Crippen LogP contribution in [0.3, 0.4) is 0 Å². The summed E-state index contributed by atoms with van der Waals surface area (Å²) >= 11 is 0. The topological polar surface area (TPSA) is 32.3 Å². The molecule has 2 rings (SSSR count). The Kier molecular flexibility index (Phi) is 4.43. The van der Waals surface area contributed by atoms with Gasteiger partial charge in [0.15, 0.2) is 0 Å². The van der Waals surface area contributed by atoms with E-state index in [9.17, 15) is 4.79 Å². The van der Waals surface area contributed by atoms with E-state index >= 15 is 0 Å². The summed E-state index contributed by atoms with van der Waals surface area (Å²) in [6.45, 7) is 6.34. The van der Waals surface area contributed by atoms with Gasteiger partial charge in [-0.2, -0.15) is 0 Å². The van der Waals surface area contributed by atoms with Gasteiger partial charge in [0.2, 0.25) is 5.91 Å². The fourth-order valence-corrected chi connectivity index (χ4v) is 3.32. The molecule has 0 aromatic heterocycles. The van der Waals surface area contributed by atoms with Gasteiger partial charge in [-0.05, 0) is 52.6 Å². The highest BCUT2D eigenvalue weighted by Crippen LogP contribution is 2.28. The van der Waals surface area contributed by atoms with Crippen LogP contribution in [0.25, 0.3) is 0 Å². The number of nitrogens with zero attached hydrogens (tertiary/aromatic N) is 1. The molecular formula is C14H26N2O. The standard InChI is InChI=1S/C14H26N2O/c1-11(2)16(13-5-3-4-6-13)14(17)12-7-9-15-10-8-12/h11-13,15H,3-10H2,1-2H3. The van der Waals surface area contributed by atoms with Gasteiger partial charge in [-0.15, -0.1) is 0 Å². The van der Waals surface area contributed by atoms with Crippen LogP contribution in [-0.2, 0) is 4.79 Å². The summed E-state index contributed by atoms with van der Waals surface area (Å²) in [5.74, 6) is 0.702. The smallest absolute Gasteiger partial charge is 0.226 e. The van der Waals surface area contributed by atoms with Crippen LogP contribution in [0.4, 0.5) is 0 Å². The van der Waals surface area contributed by atoms with Gasteiger partial charge in [0.1, 0.15) is 0 Å². The van der Waals surface area contributed by atoms with Crippen molar-refractivity contribution in [3.05, 3.63) is 0 Å². The van der Waals surface area contributed by atoms with E-state index in [0.29, 0.717) is 18.0 Å². The Bertz CT molecular complexity index is 253. The third-order valence-corrected chi connectivity index (χ3v) is 4.22. The predicted molar refractivity (Wildman–Crippen MR) is 69.8 cm³/mol. The third kappa shape index (κ3) is 3.01. The molecule has 0 aromatic rings. The van der Waals surface area contributed by atoms with Crippen LogP contribution in [0.5, 0.6) is 0 Å². The zero-order chi connectivity index (χ0) is 12.3. The summed E-state index contributed by atoms with van der Waals surface area (Å²) in [5, 5.41) is 3.34. The number of hydrogen-bond donors (Lipinski definition) is 1. The van der Waals surface area contributed by atoms with Crippen LogP contribution in [0, 0.1) is 5.92 Å². The molecule has 0 atom stereocenters. The number of piperidine rings is 1. The molecule has 0 radical (unpaired) electrons. The van der Waals surface area contributed by atoms with Crippen LogP contribution in [0.1, 0.15) is 52.4 Å². The quantitative estimate of drug-likeness (QED) is 0.817. The van der Waals surface area contributed by atoms with Crippen molar-refractivity contribution >= 4 is 5.91 Å². The molecule has 3 nitrogen and oxygen atoms in total. The number of hydrogen-bond acceptors (Lipinski definition) is 2. The molecule has 98 valence electrons. The van der Waals surface area contributed by atoms with Gasteiger partial charge >= 0.3 is 0 Å². The molecule has 1 aliphatic carbocycles. The number of rotatable bonds is 3. The third-order valence-electron chi connectivity index (χ3n) is 4.22. The van der Waals surface area contributed by atoms with Gasteiger partial charge in [0, 0.05) is 18.0 Å². The molecule has 0 bridgehead atoms. The van der Waals surface area contributed by atoms with E-state index < -0.39 is 0 Å². The first-order valence-electron chi connectivity index (χ1n) is 7.23. The minimum atomic E-state index is 0.277. The van der Waals surface area contributed by atoms with Gasteiger partial charge in [0.05, 0.1) is 0 Å². The Morgan fingerprint density at radius 2 is 1.71 bits per heavy atom. The highest BCUT2D eigenvalue weighted by Gasteiger charge is 2.33. The highest BCUT2D eigenvalue weighted by molar-refractivity contribution is 5.79. The van der Waals surface area contributed by atoms with Crippen molar-refractivity contribution in [2.24, 2.45) is 5.92 Å². The average molecular weight is 238 g/mol. The molecule has 1 saturated heterocycles. The van der Waals surface area contributed by atoms with Crippen LogP contribution in [0.2, 0.25) is 0 Å². The maximum atomic E-state index is 12.6. The first-order valence-corrected chi connectivity index (χ1v) is 7.23. The van der Waals surface area contributed by atoms with Crippen molar-refractivity contribution in [1.82, 2.24) is 10.2 Å². The summed E-state index contributed by atoms with van der Waals surface area (Å²) in [5.41, 5.74) is 0. The number of carbonyl (C=O) groups excluding carboxylic acids is 1. The molecule has 0 aromatic carbocycles. The summed E-state index contributed by atoms with van der Waals surface area (Å²) in [7, 11) is 0. The molecule has 1 amide bonds. The molecule has 17 heavy (non-hydrogen) atoms. The zero-order valence-electron chi connectivity index (χ0n) is 11.2. The second kappa shape index (κ2) is 5.85. The van der Waals surface area contributed by atoms with E-state index in [0.717, 1.165) is 25.9 Å². The Hall–Kier alpha value is -0.570. The lowest BCUT2D eigenvalue weighted by atomic mass is 9.95. The zero-order valence-corrected chi connectivity index (χ0v) is 11.2. The van der Waals surface area contributed by atoms with Gasteiger partial charge in [-0.3, -0.25) is 4.79 Å². The highest BCUT2D eigenvalue weighted by atomic mass is 16.2. The fraction of sp³-hybridized carbons (Fsp3) is 0.929. The molecular weight excluding hydrogens is 212 g/mol. The molecule has 0 unspecified atom stereocenters. The maximum absolute atomic E-state index is 12.6. The summed E-state index contributed by atoms with van der Waals surface area (Å²) in [4.78, 5) is 14.8. The van der Waals surface area contributed by atoms with Crippen LogP contribution in [0.15, 0.2) is 0 Å². The first-order chi connectivity index (χ1) is 8.20. The number of carbonyl (C=O) groups is 1. The van der Waals surface area contributed by atoms with Crippen molar-refractivity contribution in [2.75, 3.05) is 13.1 Å². The Balaban J connectivity index is 2.01. The lowest BCUT2D eigenvalue weighted by molar-refractivity contribution is -0.140. The average Bonchev–Trinajstić information content (AvgIpc) is 2.83. The van der Waals surface area contributed by atoms with Crippen molar-refractivity contribution in [3.63, 3.8) is 0 Å². The summed E-state index contributed by atoms with van der Waals surface area (Å²) < 4.78 is 0.